The number of hydrogen-bond acceptors (Lipinski definition) is 5. The minimum absolute atomic E-state index is 0.0392. The molecule has 0 saturated heterocycles. The van der Waals surface area contributed by atoms with Crippen LogP contribution < -0.4 is 0 Å². The third kappa shape index (κ3) is 3.49. The molecule has 0 amide bonds. The standard InChI is InChI=1S/C24H24N2O5/c1-13(27)30-11-19-18-10-24(25-3,26-4)21-8-15-5-6-16(7-15)23(21)20(12-31-14(2)28)17(18)9-22(19)29/h8,15-16,23H,5-7,9-12H2,1-2H3/t15-,16+,23+/m0/s1. The molecule has 0 spiro atoms. The van der Waals surface area contributed by atoms with Crippen LogP contribution in [0.3, 0.4) is 0 Å². The van der Waals surface area contributed by atoms with Crippen molar-refractivity contribution < 1.29 is 23.9 Å². The lowest BCUT2D eigenvalue weighted by molar-refractivity contribution is -0.141. The summed E-state index contributed by atoms with van der Waals surface area (Å²) in [6, 6.07) is 0. The summed E-state index contributed by atoms with van der Waals surface area (Å²) in [5, 5.41) is 0. The molecule has 0 aliphatic heterocycles. The van der Waals surface area contributed by atoms with Gasteiger partial charge in [0.05, 0.1) is 0 Å². The fourth-order valence-corrected chi connectivity index (χ4v) is 5.69. The quantitative estimate of drug-likeness (QED) is 0.395. The molecule has 2 bridgehead atoms. The van der Waals surface area contributed by atoms with E-state index in [0.29, 0.717) is 17.1 Å². The number of esters is 2. The van der Waals surface area contributed by atoms with Crippen LogP contribution in [0.15, 0.2) is 33.9 Å². The molecule has 1 saturated carbocycles. The van der Waals surface area contributed by atoms with E-state index in [-0.39, 0.29) is 43.7 Å². The third-order valence-corrected chi connectivity index (χ3v) is 7.01. The highest BCUT2D eigenvalue weighted by Crippen LogP contribution is 2.57. The summed E-state index contributed by atoms with van der Waals surface area (Å²) in [5.74, 6) is -0.647. The van der Waals surface area contributed by atoms with Crippen molar-refractivity contribution >= 4 is 17.7 Å². The molecule has 0 aromatic heterocycles. The molecular formula is C24H24N2O5. The largest absolute Gasteiger partial charge is 0.510 e. The van der Waals surface area contributed by atoms with Crippen LogP contribution in [0.1, 0.15) is 46.0 Å². The van der Waals surface area contributed by atoms with Crippen LogP contribution in [0, 0.1) is 30.9 Å². The molecule has 0 unspecified atom stereocenters. The van der Waals surface area contributed by atoms with E-state index in [1.165, 1.54) is 13.8 Å². The van der Waals surface area contributed by atoms with Gasteiger partial charge in [0.15, 0.2) is 5.78 Å². The highest BCUT2D eigenvalue weighted by atomic mass is 16.5. The Morgan fingerprint density at radius 3 is 2.42 bits per heavy atom. The van der Waals surface area contributed by atoms with Crippen molar-refractivity contribution in [3.63, 3.8) is 0 Å². The number of carbonyl (C=O) groups is 3. The van der Waals surface area contributed by atoms with Crippen molar-refractivity contribution in [3.05, 3.63) is 56.8 Å². The number of allylic oxidation sites excluding steroid dienone is 2. The first kappa shape index (κ1) is 21.1. The summed E-state index contributed by atoms with van der Waals surface area (Å²) in [6.45, 7) is 18.4. The Hall–Kier alpha value is -3.19. The van der Waals surface area contributed by atoms with Crippen molar-refractivity contribution in [1.82, 2.24) is 0 Å². The van der Waals surface area contributed by atoms with Gasteiger partial charge < -0.3 is 9.47 Å². The Balaban J connectivity index is 1.93. The molecule has 7 heteroatoms. The average molecular weight is 420 g/mol. The zero-order chi connectivity index (χ0) is 22.3. The lowest BCUT2D eigenvalue weighted by atomic mass is 9.71. The summed E-state index contributed by atoms with van der Waals surface area (Å²) >= 11 is 0. The summed E-state index contributed by atoms with van der Waals surface area (Å²) in [4.78, 5) is 43.6. The van der Waals surface area contributed by atoms with E-state index in [1.807, 2.05) is 0 Å². The van der Waals surface area contributed by atoms with E-state index >= 15 is 0 Å². The van der Waals surface area contributed by atoms with Crippen molar-refractivity contribution in [2.45, 2.75) is 51.6 Å². The number of nitrogens with zero attached hydrogens (tertiary/aromatic N) is 2. The number of fused-ring (bicyclic) bond motifs is 5. The monoisotopic (exact) mass is 420 g/mol. The first-order valence-corrected chi connectivity index (χ1v) is 10.5. The second-order valence-electron chi connectivity index (χ2n) is 8.77. The summed E-state index contributed by atoms with van der Waals surface area (Å²) in [6.07, 6.45) is 5.29. The van der Waals surface area contributed by atoms with Gasteiger partial charge in [-0.3, -0.25) is 14.4 Å². The summed E-state index contributed by atoms with van der Waals surface area (Å²) < 4.78 is 10.5. The van der Waals surface area contributed by atoms with Gasteiger partial charge in [-0.2, -0.15) is 0 Å². The van der Waals surface area contributed by atoms with E-state index in [1.54, 1.807) is 0 Å². The maximum Gasteiger partial charge on any atom is 0.510 e. The molecule has 0 heterocycles. The zero-order valence-electron chi connectivity index (χ0n) is 17.7. The molecule has 0 aromatic carbocycles. The van der Waals surface area contributed by atoms with Gasteiger partial charge in [-0.15, -0.1) is 0 Å². The first-order chi connectivity index (χ1) is 14.8. The number of carbonyl (C=O) groups excluding carboxylic acids is 3. The molecule has 31 heavy (non-hydrogen) atoms. The predicted octanol–water partition coefficient (Wildman–Crippen LogP) is 3.59. The SMILES string of the molecule is [C-]#[N+]C1([N+]#[C-])CC2=C(COC(C)=O)C(=O)CC2=C(COC(C)=O)[C@@H]2C1=C[C@H]1CC[C@@H]2C1. The first-order valence-electron chi connectivity index (χ1n) is 10.5. The molecular weight excluding hydrogens is 396 g/mol. The Morgan fingerprint density at radius 2 is 1.77 bits per heavy atom. The molecule has 160 valence electrons. The second-order valence-corrected chi connectivity index (χ2v) is 8.77. The minimum atomic E-state index is -1.43. The van der Waals surface area contributed by atoms with Crippen LogP contribution in [0.4, 0.5) is 0 Å². The van der Waals surface area contributed by atoms with Crippen molar-refractivity contribution in [1.29, 1.82) is 0 Å². The highest BCUT2D eigenvalue weighted by molar-refractivity contribution is 6.03. The van der Waals surface area contributed by atoms with E-state index in [0.717, 1.165) is 36.0 Å². The van der Waals surface area contributed by atoms with Gasteiger partial charge in [0.2, 0.25) is 0 Å². The van der Waals surface area contributed by atoms with Crippen LogP contribution in [0.2, 0.25) is 0 Å². The predicted molar refractivity (Wildman–Crippen MR) is 110 cm³/mol. The number of ketones is 1. The van der Waals surface area contributed by atoms with Crippen LogP contribution in [0.5, 0.6) is 0 Å². The van der Waals surface area contributed by atoms with E-state index < -0.39 is 17.6 Å². The molecule has 7 nitrogen and oxygen atoms in total. The molecule has 0 radical (unpaired) electrons. The molecule has 4 aliphatic rings. The molecule has 3 atom stereocenters. The average Bonchev–Trinajstić information content (AvgIpc) is 3.22. The van der Waals surface area contributed by atoms with Gasteiger partial charge in [0.25, 0.3) is 0 Å². The fraction of sp³-hybridized carbons (Fsp3) is 0.542. The maximum atomic E-state index is 12.9. The maximum absolute atomic E-state index is 12.9. The topological polar surface area (TPSA) is 78.4 Å². The van der Waals surface area contributed by atoms with Crippen LogP contribution in [0.25, 0.3) is 9.69 Å². The normalized spacial score (nSPS) is 28.1. The number of Topliss-reactive ketones (excluding diaryl/α,β-unsaturated/α-hetero) is 1. The van der Waals surface area contributed by atoms with Gasteiger partial charge in [0.1, 0.15) is 25.2 Å². The molecule has 4 aliphatic carbocycles. The number of rotatable bonds is 4. The van der Waals surface area contributed by atoms with Gasteiger partial charge in [-0.25, -0.2) is 22.8 Å². The molecule has 1 fully saturated rings. The van der Waals surface area contributed by atoms with E-state index in [4.69, 9.17) is 22.6 Å². The molecule has 0 N–H and O–H groups in total. The molecule has 4 rings (SSSR count). The Labute approximate surface area is 181 Å². The second kappa shape index (κ2) is 7.81. The van der Waals surface area contributed by atoms with E-state index in [9.17, 15) is 14.4 Å². The Kier molecular flexibility index (Phi) is 5.31. The lowest BCUT2D eigenvalue weighted by Gasteiger charge is -2.31. The smallest absolute Gasteiger partial charge is 0.461 e. The zero-order valence-corrected chi connectivity index (χ0v) is 17.7. The Morgan fingerprint density at radius 1 is 1.10 bits per heavy atom. The fourth-order valence-electron chi connectivity index (χ4n) is 5.69. The van der Waals surface area contributed by atoms with Crippen LogP contribution >= 0.6 is 0 Å². The Bertz CT molecular complexity index is 1030. The molecule has 0 aromatic rings. The van der Waals surface area contributed by atoms with Gasteiger partial charge in [-0.05, 0) is 47.8 Å². The van der Waals surface area contributed by atoms with Crippen molar-refractivity contribution in [2.75, 3.05) is 13.2 Å². The van der Waals surface area contributed by atoms with Crippen LogP contribution in [-0.4, -0.2) is 36.6 Å². The lowest BCUT2D eigenvalue weighted by Crippen LogP contribution is -2.34. The highest BCUT2D eigenvalue weighted by Gasteiger charge is 2.60. The van der Waals surface area contributed by atoms with E-state index in [2.05, 4.69) is 15.8 Å². The van der Waals surface area contributed by atoms with Crippen molar-refractivity contribution in [3.8, 4) is 0 Å². The summed E-state index contributed by atoms with van der Waals surface area (Å²) in [5.41, 5.74) is 1.94. The number of ether oxygens (including phenoxy) is 2. The van der Waals surface area contributed by atoms with Gasteiger partial charge in [0, 0.05) is 31.8 Å². The number of hydrogen-bond donors (Lipinski definition) is 0. The van der Waals surface area contributed by atoms with Gasteiger partial charge >= 0.3 is 17.6 Å². The minimum Gasteiger partial charge on any atom is -0.461 e. The summed E-state index contributed by atoms with van der Waals surface area (Å²) in [7, 11) is 0. The van der Waals surface area contributed by atoms with Crippen LogP contribution in [-0.2, 0) is 23.9 Å². The third-order valence-electron chi connectivity index (χ3n) is 7.01. The van der Waals surface area contributed by atoms with Crippen molar-refractivity contribution in [2.24, 2.45) is 17.8 Å². The van der Waals surface area contributed by atoms with Gasteiger partial charge in [-0.1, -0.05) is 6.08 Å².